The number of nitrogens with zero attached hydrogens (tertiary/aromatic N) is 2. The maximum Gasteiger partial charge on any atom is 0.249 e. The van der Waals surface area contributed by atoms with E-state index in [1.807, 2.05) is 49.1 Å². The minimum Gasteiger partial charge on any atom is -0.379 e. The topological polar surface area (TPSA) is 61.0 Å². The van der Waals surface area contributed by atoms with E-state index in [1.165, 1.54) is 0 Å². The third-order valence-electron chi connectivity index (χ3n) is 5.71. The van der Waals surface area contributed by atoms with Crippen molar-refractivity contribution in [1.82, 2.24) is 20.2 Å². The highest BCUT2D eigenvalue weighted by molar-refractivity contribution is 6.31. The first-order valence-electron chi connectivity index (χ1n) is 11.3. The second kappa shape index (κ2) is 11.2. The van der Waals surface area contributed by atoms with E-state index in [0.29, 0.717) is 11.4 Å². The molecule has 1 aromatic carbocycles. The highest BCUT2D eigenvalue weighted by Crippen LogP contribution is 2.22. The summed E-state index contributed by atoms with van der Waals surface area (Å²) in [6.07, 6.45) is 10.2. The lowest BCUT2D eigenvalue weighted by molar-refractivity contribution is -0.126. The van der Waals surface area contributed by atoms with E-state index in [1.54, 1.807) is 0 Å². The fourth-order valence-corrected chi connectivity index (χ4v) is 4.15. The van der Waals surface area contributed by atoms with E-state index in [9.17, 15) is 4.79 Å². The zero-order valence-corrected chi connectivity index (χ0v) is 19.8. The van der Waals surface area contributed by atoms with Crippen molar-refractivity contribution in [2.45, 2.75) is 52.0 Å². The zero-order chi connectivity index (χ0) is 23.1. The molecule has 2 heterocycles. The van der Waals surface area contributed by atoms with Crippen molar-refractivity contribution in [2.75, 3.05) is 13.1 Å². The molecule has 1 unspecified atom stereocenters. The van der Waals surface area contributed by atoms with E-state index in [2.05, 4.69) is 34.5 Å². The predicted octanol–water partition coefficient (Wildman–Crippen LogP) is 6.23. The second-order valence-electron chi connectivity index (χ2n) is 8.29. The molecule has 32 heavy (non-hydrogen) atoms. The van der Waals surface area contributed by atoms with Crippen molar-refractivity contribution < 1.29 is 4.79 Å². The Morgan fingerprint density at radius 2 is 2.09 bits per heavy atom. The predicted molar refractivity (Wildman–Crippen MR) is 133 cm³/mol. The third kappa shape index (κ3) is 6.13. The number of hydrogen-bond donors (Lipinski definition) is 2. The standard InChI is InChI=1S/C26H33ClN4O/c1-5-9-20(10-11-21(6-2)26(32)31-14-7-8-15-31)16-18(3)28-19(4)25-29-23-13-12-22(27)17-24(23)30-25/h5,10-13,17,19,28H,1,3,6-9,14-16H2,2,4H3,(H,29,30)/b20-10+,21-11+. The first kappa shape index (κ1) is 23.9. The van der Waals surface area contributed by atoms with Gasteiger partial charge in [0.1, 0.15) is 5.82 Å². The summed E-state index contributed by atoms with van der Waals surface area (Å²) in [4.78, 5) is 22.7. The number of halogens is 1. The lowest BCUT2D eigenvalue weighted by Gasteiger charge is -2.17. The van der Waals surface area contributed by atoms with E-state index >= 15 is 0 Å². The highest BCUT2D eigenvalue weighted by Gasteiger charge is 2.20. The number of allylic oxidation sites excluding steroid dienone is 4. The van der Waals surface area contributed by atoms with Gasteiger partial charge in [0.2, 0.25) is 5.91 Å². The van der Waals surface area contributed by atoms with Crippen LogP contribution in [-0.2, 0) is 4.79 Å². The van der Waals surface area contributed by atoms with E-state index in [-0.39, 0.29) is 11.9 Å². The van der Waals surface area contributed by atoms with Crippen LogP contribution in [0.5, 0.6) is 0 Å². The molecule has 170 valence electrons. The molecule has 1 aliphatic heterocycles. The van der Waals surface area contributed by atoms with Crippen LogP contribution in [0.15, 0.2) is 66.4 Å². The van der Waals surface area contributed by atoms with Gasteiger partial charge in [0, 0.05) is 35.8 Å². The molecule has 3 rings (SSSR count). The van der Waals surface area contributed by atoms with Gasteiger partial charge in [0.15, 0.2) is 0 Å². The van der Waals surface area contributed by atoms with Crippen molar-refractivity contribution >= 4 is 28.5 Å². The van der Waals surface area contributed by atoms with Crippen molar-refractivity contribution in [1.29, 1.82) is 0 Å². The summed E-state index contributed by atoms with van der Waals surface area (Å²) in [5, 5.41) is 4.12. The number of imidazole rings is 1. The minimum atomic E-state index is -0.0304. The van der Waals surface area contributed by atoms with Gasteiger partial charge in [0.05, 0.1) is 17.1 Å². The number of H-pyrrole nitrogens is 1. The Morgan fingerprint density at radius 3 is 2.78 bits per heavy atom. The molecule has 0 radical (unpaired) electrons. The summed E-state index contributed by atoms with van der Waals surface area (Å²) in [6, 6.07) is 5.59. The van der Waals surface area contributed by atoms with Crippen molar-refractivity contribution in [3.63, 3.8) is 0 Å². The van der Waals surface area contributed by atoms with Crippen LogP contribution in [0.25, 0.3) is 11.0 Å². The SMILES string of the molecule is C=CC/C(=C\C=C(/CC)C(=O)N1CCCC1)CC(=C)NC(C)c1nc2ccc(Cl)cc2[nH]1. The Bertz CT molecular complexity index is 1040. The summed E-state index contributed by atoms with van der Waals surface area (Å²) in [5.41, 5.74) is 4.69. The maximum atomic E-state index is 12.7. The minimum absolute atomic E-state index is 0.0304. The Hall–Kier alpha value is -2.79. The third-order valence-corrected chi connectivity index (χ3v) is 5.94. The van der Waals surface area contributed by atoms with Crippen LogP contribution in [-0.4, -0.2) is 33.9 Å². The van der Waals surface area contributed by atoms with Crippen molar-refractivity contribution in [3.8, 4) is 0 Å². The van der Waals surface area contributed by atoms with Crippen LogP contribution in [0.1, 0.15) is 57.8 Å². The molecule has 1 aliphatic rings. The number of amides is 1. The molecular formula is C26H33ClN4O. The number of benzene rings is 1. The Morgan fingerprint density at radius 1 is 1.34 bits per heavy atom. The monoisotopic (exact) mass is 452 g/mol. The van der Waals surface area contributed by atoms with Gasteiger partial charge in [-0.2, -0.15) is 0 Å². The number of hydrogen-bond acceptors (Lipinski definition) is 3. The Kier molecular flexibility index (Phi) is 8.34. The van der Waals surface area contributed by atoms with Gasteiger partial charge < -0.3 is 15.2 Å². The molecule has 1 aromatic heterocycles. The lowest BCUT2D eigenvalue weighted by atomic mass is 10.0. The van der Waals surface area contributed by atoms with Crippen LogP contribution in [0.2, 0.25) is 5.02 Å². The molecule has 1 atom stereocenters. The molecule has 0 bridgehead atoms. The summed E-state index contributed by atoms with van der Waals surface area (Å²) in [5.74, 6) is 0.997. The fraction of sp³-hybridized carbons (Fsp3) is 0.385. The van der Waals surface area contributed by atoms with Gasteiger partial charge >= 0.3 is 0 Å². The van der Waals surface area contributed by atoms with Gasteiger partial charge in [0.25, 0.3) is 0 Å². The molecule has 2 N–H and O–H groups in total. The molecular weight excluding hydrogens is 420 g/mol. The van der Waals surface area contributed by atoms with Crippen LogP contribution < -0.4 is 5.32 Å². The molecule has 5 nitrogen and oxygen atoms in total. The summed E-state index contributed by atoms with van der Waals surface area (Å²) in [6.45, 7) is 13.9. The quantitative estimate of drug-likeness (QED) is 0.255. The molecule has 1 amide bonds. The number of nitrogens with one attached hydrogen (secondary N) is 2. The molecule has 0 saturated carbocycles. The molecule has 1 saturated heterocycles. The molecule has 6 heteroatoms. The maximum absolute atomic E-state index is 12.7. The van der Waals surface area contributed by atoms with Gasteiger partial charge in [-0.25, -0.2) is 4.98 Å². The molecule has 1 fully saturated rings. The number of likely N-dealkylation sites (tertiary alicyclic amines) is 1. The van der Waals surface area contributed by atoms with E-state index < -0.39 is 0 Å². The van der Waals surface area contributed by atoms with Gasteiger partial charge in [-0.05, 0) is 50.8 Å². The van der Waals surface area contributed by atoms with Gasteiger partial charge in [-0.1, -0.05) is 48.9 Å². The zero-order valence-electron chi connectivity index (χ0n) is 19.1. The molecule has 0 aliphatic carbocycles. The number of rotatable bonds is 10. The summed E-state index contributed by atoms with van der Waals surface area (Å²) >= 11 is 6.08. The number of fused-ring (bicyclic) bond motifs is 1. The van der Waals surface area contributed by atoms with E-state index in [4.69, 9.17) is 11.6 Å². The Balaban J connectivity index is 1.66. The largest absolute Gasteiger partial charge is 0.379 e. The van der Waals surface area contributed by atoms with Crippen molar-refractivity contribution in [3.05, 3.63) is 77.3 Å². The normalized spacial score (nSPS) is 15.8. The summed E-state index contributed by atoms with van der Waals surface area (Å²) < 4.78 is 0. The first-order valence-corrected chi connectivity index (χ1v) is 11.7. The number of carbonyl (C=O) groups is 1. The first-order chi connectivity index (χ1) is 15.4. The average molecular weight is 453 g/mol. The van der Waals surface area contributed by atoms with Crippen LogP contribution >= 0.6 is 11.6 Å². The average Bonchev–Trinajstić information content (AvgIpc) is 3.43. The highest BCUT2D eigenvalue weighted by atomic mass is 35.5. The second-order valence-corrected chi connectivity index (χ2v) is 8.73. The van der Waals surface area contributed by atoms with Crippen molar-refractivity contribution in [2.24, 2.45) is 0 Å². The van der Waals surface area contributed by atoms with Crippen LogP contribution in [0.3, 0.4) is 0 Å². The molecule has 2 aromatic rings. The van der Waals surface area contributed by atoms with Gasteiger partial charge in [-0.15, -0.1) is 6.58 Å². The van der Waals surface area contributed by atoms with Crippen LogP contribution in [0, 0.1) is 0 Å². The van der Waals surface area contributed by atoms with E-state index in [0.717, 1.165) is 72.5 Å². The number of aromatic amines is 1. The summed E-state index contributed by atoms with van der Waals surface area (Å²) in [7, 11) is 0. The smallest absolute Gasteiger partial charge is 0.249 e. The fourth-order valence-electron chi connectivity index (χ4n) is 3.97. The van der Waals surface area contributed by atoms with Gasteiger partial charge in [-0.3, -0.25) is 4.79 Å². The Labute approximate surface area is 195 Å². The number of carbonyl (C=O) groups excluding carboxylic acids is 1. The number of aromatic nitrogens is 2. The van der Waals surface area contributed by atoms with Crippen LogP contribution in [0.4, 0.5) is 0 Å². The molecule has 0 spiro atoms. The lowest BCUT2D eigenvalue weighted by Crippen LogP contribution is -2.28.